The fraction of sp³-hybridized carbons (Fsp3) is 0.250. The average Bonchev–Trinajstić information content (AvgIpc) is 2.34. The first-order valence-electron chi connectivity index (χ1n) is 3.94. The van der Waals surface area contributed by atoms with Crippen LogP contribution in [0.5, 0.6) is 11.5 Å². The van der Waals surface area contributed by atoms with Crippen molar-refractivity contribution >= 4 is 19.7 Å². The molecule has 1 aromatic carbocycles. The highest BCUT2D eigenvalue weighted by molar-refractivity contribution is 8.13. The second-order valence-electron chi connectivity index (χ2n) is 3.09. The normalized spacial score (nSPS) is 24.2. The molecular formula is C8H6ClFO4S. The van der Waals surface area contributed by atoms with Crippen molar-refractivity contribution in [3.63, 3.8) is 0 Å². The third-order valence-corrected chi connectivity index (χ3v) is 3.13. The molecule has 0 spiro atoms. The lowest BCUT2D eigenvalue weighted by Gasteiger charge is -2.10. The Bertz CT molecular complexity index is 511. The molecule has 0 aliphatic carbocycles. The first kappa shape index (κ1) is 10.5. The van der Waals surface area contributed by atoms with Crippen molar-refractivity contribution in [2.75, 3.05) is 0 Å². The molecule has 0 N–H and O–H groups in total. The van der Waals surface area contributed by atoms with E-state index in [1.807, 2.05) is 0 Å². The van der Waals surface area contributed by atoms with Gasteiger partial charge in [0.2, 0.25) is 0 Å². The van der Waals surface area contributed by atoms with E-state index >= 15 is 0 Å². The topological polar surface area (TPSA) is 52.6 Å². The first-order chi connectivity index (χ1) is 6.78. The van der Waals surface area contributed by atoms with E-state index in [-0.39, 0.29) is 16.4 Å². The minimum atomic E-state index is -3.85. The second kappa shape index (κ2) is 2.99. The number of halogens is 2. The van der Waals surface area contributed by atoms with Gasteiger partial charge < -0.3 is 9.47 Å². The van der Waals surface area contributed by atoms with Crippen LogP contribution in [-0.4, -0.2) is 14.5 Å². The number of benzene rings is 1. The molecule has 1 aromatic rings. The molecule has 0 amide bonds. The molecule has 0 bridgehead atoms. The van der Waals surface area contributed by atoms with Crippen molar-refractivity contribution in [1.29, 1.82) is 0 Å². The van der Waals surface area contributed by atoms with E-state index in [0.717, 1.165) is 13.0 Å². The molecule has 7 heteroatoms. The highest BCUT2D eigenvalue weighted by atomic mass is 35.7. The highest BCUT2D eigenvalue weighted by Gasteiger charge is 2.37. The van der Waals surface area contributed by atoms with Crippen molar-refractivity contribution in [3.05, 3.63) is 18.2 Å². The molecule has 0 saturated heterocycles. The van der Waals surface area contributed by atoms with Gasteiger partial charge in [0.05, 0.1) is 4.90 Å². The smallest absolute Gasteiger partial charge is 0.404 e. The maximum absolute atomic E-state index is 13.2. The van der Waals surface area contributed by atoms with E-state index in [0.29, 0.717) is 0 Å². The summed E-state index contributed by atoms with van der Waals surface area (Å²) in [5, 5.41) is 0. The van der Waals surface area contributed by atoms with E-state index in [4.69, 9.17) is 20.2 Å². The Labute approximate surface area is 90.0 Å². The number of rotatable bonds is 1. The van der Waals surface area contributed by atoms with Crippen LogP contribution in [0.3, 0.4) is 0 Å². The maximum atomic E-state index is 13.2. The van der Waals surface area contributed by atoms with Crippen LogP contribution in [-0.2, 0) is 9.05 Å². The van der Waals surface area contributed by atoms with Gasteiger partial charge in [0.15, 0.2) is 11.5 Å². The lowest BCUT2D eigenvalue weighted by Crippen LogP contribution is -2.27. The Morgan fingerprint density at radius 2 is 1.93 bits per heavy atom. The number of alkyl halides is 1. The van der Waals surface area contributed by atoms with Crippen LogP contribution < -0.4 is 9.47 Å². The molecule has 0 fully saturated rings. The molecule has 15 heavy (non-hydrogen) atoms. The molecule has 4 nitrogen and oxygen atoms in total. The van der Waals surface area contributed by atoms with Gasteiger partial charge in [-0.05, 0) is 12.1 Å². The average molecular weight is 253 g/mol. The summed E-state index contributed by atoms with van der Waals surface area (Å²) in [6.07, 6.45) is 0. The quantitative estimate of drug-likeness (QED) is 0.718. The molecule has 2 rings (SSSR count). The summed E-state index contributed by atoms with van der Waals surface area (Å²) in [5.41, 5.74) is 0. The minimum absolute atomic E-state index is 0.0155. The fourth-order valence-electron chi connectivity index (χ4n) is 1.22. The predicted molar refractivity (Wildman–Crippen MR) is 50.2 cm³/mol. The summed E-state index contributed by atoms with van der Waals surface area (Å²) in [5.74, 6) is 0.158. The van der Waals surface area contributed by atoms with Crippen molar-refractivity contribution < 1.29 is 22.3 Å². The van der Waals surface area contributed by atoms with E-state index in [1.165, 1.54) is 12.1 Å². The second-order valence-corrected chi connectivity index (χ2v) is 5.65. The standard InChI is InChI=1S/C8H6ClFO4S/c1-8(10)13-6-3-2-5(15(9,11)12)4-7(6)14-8/h2-4H,1H3. The van der Waals surface area contributed by atoms with Gasteiger partial charge in [-0.3, -0.25) is 0 Å². The fourth-order valence-corrected chi connectivity index (χ4v) is 1.98. The number of ether oxygens (including phenoxy) is 2. The molecule has 0 saturated carbocycles. The molecule has 1 aliphatic heterocycles. The summed E-state index contributed by atoms with van der Waals surface area (Å²) in [6, 6.07) is 1.35. The van der Waals surface area contributed by atoms with E-state index in [1.54, 1.807) is 0 Å². The predicted octanol–water partition coefficient (Wildman–Crippen LogP) is 2.03. The zero-order chi connectivity index (χ0) is 11.3. The van der Waals surface area contributed by atoms with Crippen molar-refractivity contribution in [2.24, 2.45) is 0 Å². The number of hydrogen-bond donors (Lipinski definition) is 0. The SMILES string of the molecule is CC1(F)Oc2ccc(S(=O)(=O)Cl)cc2O1. The summed E-state index contributed by atoms with van der Waals surface area (Å²) >= 11 is 0. The summed E-state index contributed by atoms with van der Waals surface area (Å²) < 4.78 is 44.6. The van der Waals surface area contributed by atoms with Gasteiger partial charge in [0, 0.05) is 23.7 Å². The molecule has 0 aromatic heterocycles. The molecule has 82 valence electrons. The van der Waals surface area contributed by atoms with Gasteiger partial charge in [-0.1, -0.05) is 0 Å². The van der Waals surface area contributed by atoms with Gasteiger partial charge in [0.1, 0.15) is 0 Å². The Morgan fingerprint density at radius 1 is 1.33 bits per heavy atom. The molecule has 1 heterocycles. The van der Waals surface area contributed by atoms with Crippen molar-refractivity contribution in [2.45, 2.75) is 17.9 Å². The van der Waals surface area contributed by atoms with E-state index < -0.39 is 15.1 Å². The van der Waals surface area contributed by atoms with Crippen LogP contribution >= 0.6 is 10.7 Å². The monoisotopic (exact) mass is 252 g/mol. The Hall–Kier alpha value is -1.01. The lowest BCUT2D eigenvalue weighted by atomic mass is 10.3. The van der Waals surface area contributed by atoms with Crippen LogP contribution in [0.15, 0.2) is 23.1 Å². The Morgan fingerprint density at radius 3 is 2.53 bits per heavy atom. The summed E-state index contributed by atoms with van der Waals surface area (Å²) in [7, 11) is 1.27. The third-order valence-electron chi connectivity index (χ3n) is 1.78. The molecule has 1 aliphatic rings. The largest absolute Gasteiger partial charge is 0.423 e. The molecule has 1 unspecified atom stereocenters. The van der Waals surface area contributed by atoms with Gasteiger partial charge >= 0.3 is 6.04 Å². The molecule has 0 radical (unpaired) electrons. The third kappa shape index (κ3) is 2.00. The first-order valence-corrected chi connectivity index (χ1v) is 6.24. The summed E-state index contributed by atoms with van der Waals surface area (Å²) in [4.78, 5) is -0.163. The lowest BCUT2D eigenvalue weighted by molar-refractivity contribution is -0.173. The minimum Gasteiger partial charge on any atom is -0.423 e. The maximum Gasteiger partial charge on any atom is 0.404 e. The Kier molecular flexibility index (Phi) is 2.09. The number of fused-ring (bicyclic) bond motifs is 1. The molecular weight excluding hydrogens is 247 g/mol. The Balaban J connectivity index is 2.48. The van der Waals surface area contributed by atoms with E-state index in [9.17, 15) is 12.8 Å². The van der Waals surface area contributed by atoms with Crippen LogP contribution in [0.25, 0.3) is 0 Å². The number of hydrogen-bond acceptors (Lipinski definition) is 4. The zero-order valence-corrected chi connectivity index (χ0v) is 9.10. The van der Waals surface area contributed by atoms with Gasteiger partial charge in [0.25, 0.3) is 9.05 Å². The van der Waals surface area contributed by atoms with Gasteiger partial charge in [-0.25, -0.2) is 8.42 Å². The van der Waals surface area contributed by atoms with Gasteiger partial charge in [-0.2, -0.15) is 4.39 Å². The van der Waals surface area contributed by atoms with Crippen molar-refractivity contribution in [3.8, 4) is 11.5 Å². The molecule has 1 atom stereocenters. The van der Waals surface area contributed by atoms with Crippen LogP contribution in [0.4, 0.5) is 4.39 Å². The highest BCUT2D eigenvalue weighted by Crippen LogP contribution is 2.41. The van der Waals surface area contributed by atoms with Gasteiger partial charge in [-0.15, -0.1) is 0 Å². The zero-order valence-electron chi connectivity index (χ0n) is 7.53. The van der Waals surface area contributed by atoms with Crippen LogP contribution in [0.1, 0.15) is 6.92 Å². The van der Waals surface area contributed by atoms with Crippen molar-refractivity contribution in [1.82, 2.24) is 0 Å². The summed E-state index contributed by atoms with van der Waals surface area (Å²) in [6.45, 7) is 1.07. The van der Waals surface area contributed by atoms with Crippen LogP contribution in [0.2, 0.25) is 0 Å². The van der Waals surface area contributed by atoms with Crippen LogP contribution in [0, 0.1) is 0 Å². The van der Waals surface area contributed by atoms with E-state index in [2.05, 4.69) is 0 Å².